The number of aromatic nitrogens is 2. The van der Waals surface area contributed by atoms with E-state index in [4.69, 9.17) is 4.74 Å². The van der Waals surface area contributed by atoms with Crippen molar-refractivity contribution < 1.29 is 14.3 Å². The zero-order valence-corrected chi connectivity index (χ0v) is 17.1. The second kappa shape index (κ2) is 8.59. The number of esters is 1. The van der Waals surface area contributed by atoms with E-state index in [0.717, 1.165) is 55.0 Å². The molecule has 1 amide bonds. The van der Waals surface area contributed by atoms with Gasteiger partial charge in [-0.05, 0) is 57.1 Å². The molecule has 0 radical (unpaired) electrons. The highest BCUT2D eigenvalue weighted by atomic mass is 16.5. The number of ether oxygens (including phenoxy) is 1. The number of carbonyl (C=O) groups excluding carboxylic acids is 2. The van der Waals surface area contributed by atoms with E-state index in [0.29, 0.717) is 11.6 Å². The molecule has 3 rings (SSSR count). The van der Waals surface area contributed by atoms with Crippen LogP contribution in [0.25, 0.3) is 0 Å². The van der Waals surface area contributed by atoms with Crippen LogP contribution in [0.2, 0.25) is 0 Å². The molecule has 1 aliphatic heterocycles. The fraction of sp³-hybridized carbons (Fsp3) is 0.500. The summed E-state index contributed by atoms with van der Waals surface area (Å²) in [6.07, 6.45) is 3.01. The van der Waals surface area contributed by atoms with Crippen LogP contribution in [0.1, 0.15) is 73.5 Å². The van der Waals surface area contributed by atoms with Crippen LogP contribution in [0.5, 0.6) is 0 Å². The number of aryl methyl sites for hydroxylation is 1. The van der Waals surface area contributed by atoms with Gasteiger partial charge in [-0.1, -0.05) is 32.0 Å². The number of rotatable bonds is 6. The Bertz CT molecular complexity index is 872. The lowest BCUT2D eigenvalue weighted by Crippen LogP contribution is -2.31. The minimum atomic E-state index is -0.904. The maximum Gasteiger partial charge on any atom is 0.359 e. The van der Waals surface area contributed by atoms with E-state index < -0.39 is 12.1 Å². The monoisotopic (exact) mass is 383 g/mol. The lowest BCUT2D eigenvalue weighted by molar-refractivity contribution is -0.123. The first kappa shape index (κ1) is 20.1. The Morgan fingerprint density at radius 3 is 2.75 bits per heavy atom. The molecule has 0 aliphatic carbocycles. The number of amides is 1. The van der Waals surface area contributed by atoms with Gasteiger partial charge >= 0.3 is 5.97 Å². The molecule has 1 aromatic heterocycles. The zero-order valence-electron chi connectivity index (χ0n) is 17.1. The summed E-state index contributed by atoms with van der Waals surface area (Å²) in [5.41, 5.74) is 3.11. The molecule has 0 fully saturated rings. The quantitative estimate of drug-likeness (QED) is 0.758. The maximum atomic E-state index is 12.6. The van der Waals surface area contributed by atoms with Crippen LogP contribution in [0.3, 0.4) is 0 Å². The number of para-hydroxylation sites is 1. The second-order valence-electron chi connectivity index (χ2n) is 7.50. The molecule has 1 aromatic carbocycles. The van der Waals surface area contributed by atoms with Gasteiger partial charge in [0.2, 0.25) is 0 Å². The number of nitrogens with one attached hydrogen (secondary N) is 1. The summed E-state index contributed by atoms with van der Waals surface area (Å²) in [4.78, 5) is 29.7. The Morgan fingerprint density at radius 1 is 1.25 bits per heavy atom. The normalized spacial score (nSPS) is 15.4. The van der Waals surface area contributed by atoms with Crippen molar-refractivity contribution in [3.8, 4) is 0 Å². The van der Waals surface area contributed by atoms with Crippen LogP contribution in [-0.2, 0) is 22.5 Å². The summed E-state index contributed by atoms with van der Waals surface area (Å²) in [6.45, 7) is 8.60. The van der Waals surface area contributed by atoms with Crippen LogP contribution in [0, 0.1) is 6.92 Å². The lowest BCUT2D eigenvalue weighted by Gasteiger charge is -2.18. The summed E-state index contributed by atoms with van der Waals surface area (Å²) < 4.78 is 7.53. The Balaban J connectivity index is 1.69. The molecule has 2 heterocycles. The summed E-state index contributed by atoms with van der Waals surface area (Å²) >= 11 is 0. The molecule has 0 bridgehead atoms. The third-order valence-corrected chi connectivity index (χ3v) is 5.52. The molecule has 0 unspecified atom stereocenters. The molecule has 6 heteroatoms. The summed E-state index contributed by atoms with van der Waals surface area (Å²) in [5, 5.41) is 2.91. The standard InChI is InChI=1S/C22H29N3O3/c1-5-14(2)17-10-6-7-11-18(17)24-21(26)15(3)28-22(27)20-19-12-8-9-13-25(19)16(4)23-20/h6-7,10-11,14-15H,5,8-9,12-13H2,1-4H3,(H,24,26)/t14-,15-/m0/s1. The molecule has 0 saturated carbocycles. The van der Waals surface area contributed by atoms with Gasteiger partial charge in [0.15, 0.2) is 11.8 Å². The van der Waals surface area contributed by atoms with Crippen molar-refractivity contribution >= 4 is 17.6 Å². The second-order valence-corrected chi connectivity index (χ2v) is 7.50. The van der Waals surface area contributed by atoms with Gasteiger partial charge in [-0.3, -0.25) is 4.79 Å². The van der Waals surface area contributed by atoms with Crippen molar-refractivity contribution in [1.82, 2.24) is 9.55 Å². The fourth-order valence-corrected chi connectivity index (χ4v) is 3.65. The molecule has 0 spiro atoms. The molecule has 2 atom stereocenters. The molecule has 2 aromatic rings. The van der Waals surface area contributed by atoms with Crippen molar-refractivity contribution in [2.75, 3.05) is 5.32 Å². The van der Waals surface area contributed by atoms with Gasteiger partial charge in [-0.2, -0.15) is 0 Å². The van der Waals surface area contributed by atoms with E-state index in [-0.39, 0.29) is 5.91 Å². The minimum absolute atomic E-state index is 0.328. The van der Waals surface area contributed by atoms with Gasteiger partial charge in [0, 0.05) is 12.2 Å². The van der Waals surface area contributed by atoms with Crippen LogP contribution >= 0.6 is 0 Å². The number of anilines is 1. The van der Waals surface area contributed by atoms with Gasteiger partial charge in [-0.15, -0.1) is 0 Å². The molecular formula is C22H29N3O3. The third-order valence-electron chi connectivity index (χ3n) is 5.52. The first-order valence-electron chi connectivity index (χ1n) is 10.1. The molecular weight excluding hydrogens is 354 g/mol. The number of imidazole rings is 1. The minimum Gasteiger partial charge on any atom is -0.448 e. The number of hydrogen-bond donors (Lipinski definition) is 1. The number of benzene rings is 1. The van der Waals surface area contributed by atoms with E-state index in [9.17, 15) is 9.59 Å². The number of fused-ring (bicyclic) bond motifs is 1. The van der Waals surface area contributed by atoms with E-state index in [1.165, 1.54) is 0 Å². The van der Waals surface area contributed by atoms with E-state index in [1.54, 1.807) is 6.92 Å². The Labute approximate surface area is 166 Å². The third kappa shape index (κ3) is 4.11. The number of nitrogens with zero attached hydrogens (tertiary/aromatic N) is 2. The van der Waals surface area contributed by atoms with E-state index in [2.05, 4.69) is 28.7 Å². The van der Waals surface area contributed by atoms with Crippen LogP contribution in [-0.4, -0.2) is 27.5 Å². The highest BCUT2D eigenvalue weighted by Crippen LogP contribution is 2.27. The Morgan fingerprint density at radius 2 is 2.00 bits per heavy atom. The van der Waals surface area contributed by atoms with Gasteiger partial charge < -0.3 is 14.6 Å². The highest BCUT2D eigenvalue weighted by Gasteiger charge is 2.27. The first-order valence-corrected chi connectivity index (χ1v) is 10.1. The molecule has 1 N–H and O–H groups in total. The predicted octanol–water partition coefficient (Wildman–Crippen LogP) is 4.23. The highest BCUT2D eigenvalue weighted by molar-refractivity contribution is 5.97. The van der Waals surface area contributed by atoms with Crippen molar-refractivity contribution in [3.05, 3.63) is 47.0 Å². The van der Waals surface area contributed by atoms with Gasteiger partial charge in [0.05, 0.1) is 5.69 Å². The maximum absolute atomic E-state index is 12.6. The van der Waals surface area contributed by atoms with E-state index >= 15 is 0 Å². The van der Waals surface area contributed by atoms with Gasteiger partial charge in [0.1, 0.15) is 5.82 Å². The molecule has 28 heavy (non-hydrogen) atoms. The Hall–Kier alpha value is -2.63. The zero-order chi connectivity index (χ0) is 20.3. The van der Waals surface area contributed by atoms with Crippen molar-refractivity contribution in [2.45, 2.75) is 71.9 Å². The van der Waals surface area contributed by atoms with Crippen LogP contribution in [0.4, 0.5) is 5.69 Å². The van der Waals surface area contributed by atoms with Crippen molar-refractivity contribution in [3.63, 3.8) is 0 Å². The summed E-state index contributed by atoms with van der Waals surface area (Å²) in [5.74, 6) is 0.279. The number of hydrogen-bond acceptors (Lipinski definition) is 4. The average Bonchev–Trinajstić information content (AvgIpc) is 3.05. The summed E-state index contributed by atoms with van der Waals surface area (Å²) in [6, 6.07) is 7.74. The van der Waals surface area contributed by atoms with Crippen molar-refractivity contribution in [1.29, 1.82) is 0 Å². The smallest absolute Gasteiger partial charge is 0.359 e. The molecule has 6 nitrogen and oxygen atoms in total. The van der Waals surface area contributed by atoms with Crippen LogP contribution < -0.4 is 5.32 Å². The lowest BCUT2D eigenvalue weighted by atomic mass is 9.97. The van der Waals surface area contributed by atoms with Gasteiger partial charge in [-0.25, -0.2) is 9.78 Å². The van der Waals surface area contributed by atoms with Crippen molar-refractivity contribution in [2.24, 2.45) is 0 Å². The topological polar surface area (TPSA) is 73.2 Å². The van der Waals surface area contributed by atoms with E-state index in [1.807, 2.05) is 31.2 Å². The largest absolute Gasteiger partial charge is 0.448 e. The molecule has 1 aliphatic rings. The first-order chi connectivity index (χ1) is 13.4. The molecule has 150 valence electrons. The van der Waals surface area contributed by atoms with Gasteiger partial charge in [0.25, 0.3) is 5.91 Å². The number of carbonyl (C=O) groups is 2. The predicted molar refractivity (Wildman–Crippen MR) is 109 cm³/mol. The average molecular weight is 383 g/mol. The summed E-state index contributed by atoms with van der Waals surface area (Å²) in [7, 11) is 0. The SMILES string of the molecule is CC[C@H](C)c1ccccc1NC(=O)[C@H](C)OC(=O)c1nc(C)n2c1CCCC2. The Kier molecular flexibility index (Phi) is 6.17. The van der Waals surface area contributed by atoms with Crippen LogP contribution in [0.15, 0.2) is 24.3 Å². The fourth-order valence-electron chi connectivity index (χ4n) is 3.65. The molecule has 0 saturated heterocycles.